The average Bonchev–Trinajstić information content (AvgIpc) is 2.78. The van der Waals surface area contributed by atoms with Crippen LogP contribution in [0.5, 0.6) is 11.5 Å². The maximum absolute atomic E-state index is 13.0. The van der Waals surface area contributed by atoms with Gasteiger partial charge >= 0.3 is 12.4 Å². The minimum Gasteiger partial charge on any atom is -0.490 e. The van der Waals surface area contributed by atoms with E-state index in [0.717, 1.165) is 75.6 Å². The molecule has 0 bridgehead atoms. The highest BCUT2D eigenvalue weighted by Gasteiger charge is 2.35. The molecule has 4 nitrogen and oxygen atoms in total. The van der Waals surface area contributed by atoms with Gasteiger partial charge in [-0.15, -0.1) is 0 Å². The molecule has 4 N–H and O–H groups in total. The zero-order valence-electron chi connectivity index (χ0n) is 19.7. The van der Waals surface area contributed by atoms with E-state index in [2.05, 4.69) is 0 Å². The highest BCUT2D eigenvalue weighted by molar-refractivity contribution is 5.49. The van der Waals surface area contributed by atoms with Crippen molar-refractivity contribution < 1.29 is 35.8 Å². The molecular formula is C26H30F6N2O2. The summed E-state index contributed by atoms with van der Waals surface area (Å²) in [5.74, 6) is 1.25. The van der Waals surface area contributed by atoms with Crippen molar-refractivity contribution in [2.45, 2.75) is 75.9 Å². The molecule has 198 valence electrons. The first-order valence-electron chi connectivity index (χ1n) is 12.2. The molecule has 10 heteroatoms. The van der Waals surface area contributed by atoms with Gasteiger partial charge in [0.25, 0.3) is 0 Å². The zero-order chi connectivity index (χ0) is 26.1. The standard InChI is InChI=1S/C26H30F6N2O2/c27-25(28,29)17-9-19(33)13-23(11-17)35-21-5-1-15(2-6-21)16-3-7-22(8-4-16)36-24-12-18(26(30,31)32)10-20(34)14-24/h9-16,21-22H,1-8,33-34H2. The van der Waals surface area contributed by atoms with E-state index in [-0.39, 0.29) is 35.1 Å². The van der Waals surface area contributed by atoms with E-state index in [1.807, 2.05) is 0 Å². The van der Waals surface area contributed by atoms with Crippen LogP contribution in [-0.4, -0.2) is 12.2 Å². The van der Waals surface area contributed by atoms with Crippen molar-refractivity contribution in [2.24, 2.45) is 11.8 Å². The third-order valence-electron chi connectivity index (χ3n) is 7.22. The summed E-state index contributed by atoms with van der Waals surface area (Å²) in [5.41, 5.74) is 9.64. The van der Waals surface area contributed by atoms with Crippen LogP contribution < -0.4 is 20.9 Å². The molecule has 2 aliphatic carbocycles. The molecule has 0 heterocycles. The number of benzene rings is 2. The van der Waals surface area contributed by atoms with E-state index in [4.69, 9.17) is 20.9 Å². The SMILES string of the molecule is Nc1cc(OC2CCC(C3CCC(Oc4cc(N)cc(C(F)(F)F)c4)CC3)CC2)cc(C(F)(F)F)c1. The summed E-state index contributed by atoms with van der Waals surface area (Å²) in [5, 5.41) is 0. The van der Waals surface area contributed by atoms with Crippen LogP contribution in [0.2, 0.25) is 0 Å². The first kappa shape index (κ1) is 26.3. The van der Waals surface area contributed by atoms with Crippen LogP contribution >= 0.6 is 0 Å². The first-order chi connectivity index (χ1) is 16.9. The Labute approximate surface area is 205 Å². The highest BCUT2D eigenvalue weighted by atomic mass is 19.4. The number of anilines is 2. The van der Waals surface area contributed by atoms with Crippen molar-refractivity contribution >= 4 is 11.4 Å². The molecule has 0 spiro atoms. The van der Waals surface area contributed by atoms with Gasteiger partial charge in [0.1, 0.15) is 11.5 Å². The topological polar surface area (TPSA) is 70.5 Å². The third kappa shape index (κ3) is 6.70. The number of hydrogen-bond donors (Lipinski definition) is 2. The largest absolute Gasteiger partial charge is 0.490 e. The summed E-state index contributed by atoms with van der Waals surface area (Å²) in [6.07, 6.45) is -2.62. The lowest BCUT2D eigenvalue weighted by Crippen LogP contribution is -2.32. The number of nitrogens with two attached hydrogens (primary N) is 2. The summed E-state index contributed by atoms with van der Waals surface area (Å²) < 4.78 is 90.0. The van der Waals surface area contributed by atoms with Gasteiger partial charge in [0.05, 0.1) is 23.3 Å². The minimum atomic E-state index is -4.48. The van der Waals surface area contributed by atoms with E-state index >= 15 is 0 Å². The van der Waals surface area contributed by atoms with E-state index < -0.39 is 23.5 Å². The predicted octanol–water partition coefficient (Wildman–Crippen LogP) is 7.46. The number of nitrogen functional groups attached to an aromatic ring is 2. The third-order valence-corrected chi connectivity index (χ3v) is 7.22. The number of ether oxygens (including phenoxy) is 2. The fourth-order valence-electron chi connectivity index (χ4n) is 5.45. The van der Waals surface area contributed by atoms with Gasteiger partial charge in [0.2, 0.25) is 0 Å². The lowest BCUT2D eigenvalue weighted by atomic mass is 9.72. The molecule has 0 atom stereocenters. The number of halogens is 6. The van der Waals surface area contributed by atoms with Gasteiger partial charge in [-0.3, -0.25) is 0 Å². The predicted molar refractivity (Wildman–Crippen MR) is 124 cm³/mol. The molecular weight excluding hydrogens is 486 g/mol. The Morgan fingerprint density at radius 2 is 0.861 bits per heavy atom. The molecule has 0 saturated heterocycles. The van der Waals surface area contributed by atoms with Gasteiger partial charge in [-0.1, -0.05) is 0 Å². The van der Waals surface area contributed by atoms with Gasteiger partial charge in [0, 0.05) is 23.5 Å². The maximum Gasteiger partial charge on any atom is 0.416 e. The second-order valence-corrected chi connectivity index (χ2v) is 9.89. The Kier molecular flexibility index (Phi) is 7.52. The molecule has 0 aromatic heterocycles. The molecule has 0 aliphatic heterocycles. The zero-order valence-corrected chi connectivity index (χ0v) is 19.7. The van der Waals surface area contributed by atoms with Gasteiger partial charge in [-0.2, -0.15) is 26.3 Å². The lowest BCUT2D eigenvalue weighted by molar-refractivity contribution is -0.138. The van der Waals surface area contributed by atoms with Crippen LogP contribution in [0.3, 0.4) is 0 Å². The molecule has 0 unspecified atom stereocenters. The second kappa shape index (κ2) is 10.3. The molecule has 36 heavy (non-hydrogen) atoms. The normalized spacial score (nSPS) is 25.4. The average molecular weight is 517 g/mol. The Morgan fingerprint density at radius 3 is 1.17 bits per heavy atom. The van der Waals surface area contributed by atoms with Crippen LogP contribution in [-0.2, 0) is 12.4 Å². The summed E-state index contributed by atoms with van der Waals surface area (Å²) >= 11 is 0. The molecule has 2 aromatic carbocycles. The second-order valence-electron chi connectivity index (χ2n) is 9.89. The fraction of sp³-hybridized carbons (Fsp3) is 0.538. The number of alkyl halides is 6. The number of hydrogen-bond acceptors (Lipinski definition) is 4. The van der Waals surface area contributed by atoms with E-state index in [1.54, 1.807) is 0 Å². The minimum absolute atomic E-state index is 0.0142. The molecule has 2 saturated carbocycles. The fourth-order valence-corrected chi connectivity index (χ4v) is 5.45. The molecule has 0 amide bonds. The highest BCUT2D eigenvalue weighted by Crippen LogP contribution is 2.41. The Bertz CT molecular complexity index is 956. The summed E-state index contributed by atoms with van der Waals surface area (Å²) in [4.78, 5) is 0. The van der Waals surface area contributed by atoms with E-state index in [0.29, 0.717) is 11.8 Å². The molecule has 2 aromatic rings. The number of rotatable bonds is 5. The molecule has 4 rings (SSSR count). The lowest BCUT2D eigenvalue weighted by Gasteiger charge is -2.38. The summed E-state index contributed by atoms with van der Waals surface area (Å²) in [6, 6.07) is 6.60. The van der Waals surface area contributed by atoms with Crippen molar-refractivity contribution in [1.82, 2.24) is 0 Å². The summed E-state index contributed by atoms with van der Waals surface area (Å²) in [7, 11) is 0. The van der Waals surface area contributed by atoms with Gasteiger partial charge in [-0.25, -0.2) is 0 Å². The summed E-state index contributed by atoms with van der Waals surface area (Å²) in [6.45, 7) is 0. The monoisotopic (exact) mass is 516 g/mol. The quantitative estimate of drug-likeness (QED) is 0.320. The van der Waals surface area contributed by atoms with Crippen LogP contribution in [0.15, 0.2) is 36.4 Å². The molecule has 0 radical (unpaired) electrons. The van der Waals surface area contributed by atoms with Crippen molar-refractivity contribution in [3.8, 4) is 11.5 Å². The Morgan fingerprint density at radius 1 is 0.528 bits per heavy atom. The van der Waals surface area contributed by atoms with Crippen molar-refractivity contribution in [2.75, 3.05) is 11.5 Å². The van der Waals surface area contributed by atoms with Gasteiger partial charge in [-0.05, 0) is 87.5 Å². The van der Waals surface area contributed by atoms with Gasteiger partial charge in [0.15, 0.2) is 0 Å². The van der Waals surface area contributed by atoms with Crippen molar-refractivity contribution in [1.29, 1.82) is 0 Å². The van der Waals surface area contributed by atoms with Crippen LogP contribution in [0, 0.1) is 11.8 Å². The Balaban J connectivity index is 1.25. The first-order valence-corrected chi connectivity index (χ1v) is 12.2. The molecule has 2 aliphatic rings. The van der Waals surface area contributed by atoms with Crippen molar-refractivity contribution in [3.63, 3.8) is 0 Å². The van der Waals surface area contributed by atoms with E-state index in [1.165, 1.54) is 12.1 Å². The smallest absolute Gasteiger partial charge is 0.416 e. The van der Waals surface area contributed by atoms with Crippen molar-refractivity contribution in [3.05, 3.63) is 47.5 Å². The Hall–Kier alpha value is -2.78. The van der Waals surface area contributed by atoms with Crippen LogP contribution in [0.1, 0.15) is 62.5 Å². The van der Waals surface area contributed by atoms with Crippen LogP contribution in [0.25, 0.3) is 0 Å². The van der Waals surface area contributed by atoms with Gasteiger partial charge < -0.3 is 20.9 Å². The van der Waals surface area contributed by atoms with E-state index in [9.17, 15) is 26.3 Å². The van der Waals surface area contributed by atoms with Crippen LogP contribution in [0.4, 0.5) is 37.7 Å². The molecule has 2 fully saturated rings. The maximum atomic E-state index is 13.0.